The zero-order valence-corrected chi connectivity index (χ0v) is 15.1. The van der Waals surface area contributed by atoms with E-state index in [1.54, 1.807) is 48.6 Å². The van der Waals surface area contributed by atoms with Crippen LogP contribution in [0.2, 0.25) is 0 Å². The molecule has 0 aliphatic carbocycles. The largest absolute Gasteiger partial charge is 0.497 e. The van der Waals surface area contributed by atoms with Crippen LogP contribution in [0.1, 0.15) is 31.8 Å². The fourth-order valence-electron chi connectivity index (χ4n) is 2.46. The van der Waals surface area contributed by atoms with E-state index in [2.05, 4.69) is 0 Å². The lowest BCUT2D eigenvalue weighted by Gasteiger charge is -2.12. The molecule has 0 N–H and O–H groups in total. The second kappa shape index (κ2) is 8.71. The smallest absolute Gasteiger partial charge is 0.342 e. The highest BCUT2D eigenvalue weighted by Crippen LogP contribution is 2.31. The van der Waals surface area contributed by atoms with Crippen LogP contribution in [0.3, 0.4) is 0 Å². The first-order valence-electron chi connectivity index (χ1n) is 7.75. The van der Waals surface area contributed by atoms with Crippen molar-refractivity contribution in [3.05, 3.63) is 58.7 Å². The molecule has 6 heteroatoms. The highest BCUT2D eigenvalue weighted by atomic mass is 16.5. The van der Waals surface area contributed by atoms with Crippen LogP contribution in [0, 0.1) is 0 Å². The van der Waals surface area contributed by atoms with Crippen molar-refractivity contribution in [2.75, 3.05) is 28.4 Å². The van der Waals surface area contributed by atoms with Gasteiger partial charge >= 0.3 is 11.9 Å². The molecular weight excluding hydrogens is 336 g/mol. The average molecular weight is 356 g/mol. The van der Waals surface area contributed by atoms with Crippen LogP contribution >= 0.6 is 0 Å². The molecule has 26 heavy (non-hydrogen) atoms. The minimum atomic E-state index is -0.537. The molecule has 0 heterocycles. The maximum absolute atomic E-state index is 12.2. The standard InChI is InChI=1S/C20H20O6/c1-23-15-11-14(18(20(22)26-4)17(12-15)24-2)10-9-13-7-5-6-8-16(13)19(21)25-3/h5-12H,1-4H3/b10-9+. The van der Waals surface area contributed by atoms with Crippen molar-refractivity contribution in [1.29, 1.82) is 0 Å². The van der Waals surface area contributed by atoms with E-state index >= 15 is 0 Å². The molecule has 136 valence electrons. The van der Waals surface area contributed by atoms with Gasteiger partial charge in [-0.1, -0.05) is 30.4 Å². The van der Waals surface area contributed by atoms with Gasteiger partial charge in [0.2, 0.25) is 0 Å². The number of benzene rings is 2. The summed E-state index contributed by atoms with van der Waals surface area (Å²) in [4.78, 5) is 24.1. The fourth-order valence-corrected chi connectivity index (χ4v) is 2.46. The van der Waals surface area contributed by atoms with E-state index in [9.17, 15) is 9.59 Å². The number of carbonyl (C=O) groups excluding carboxylic acids is 2. The molecule has 0 aliphatic rings. The van der Waals surface area contributed by atoms with Gasteiger partial charge in [0, 0.05) is 6.07 Å². The van der Waals surface area contributed by atoms with E-state index in [1.807, 2.05) is 0 Å². The molecule has 0 spiro atoms. The van der Waals surface area contributed by atoms with Gasteiger partial charge in [0.05, 0.1) is 34.0 Å². The van der Waals surface area contributed by atoms with Gasteiger partial charge in [0.25, 0.3) is 0 Å². The van der Waals surface area contributed by atoms with E-state index in [1.165, 1.54) is 28.4 Å². The topological polar surface area (TPSA) is 71.1 Å². The van der Waals surface area contributed by atoms with Crippen molar-refractivity contribution in [3.8, 4) is 11.5 Å². The van der Waals surface area contributed by atoms with E-state index in [4.69, 9.17) is 18.9 Å². The lowest BCUT2D eigenvalue weighted by Crippen LogP contribution is -2.07. The molecule has 0 aliphatic heterocycles. The van der Waals surface area contributed by atoms with Gasteiger partial charge in [-0.15, -0.1) is 0 Å². The van der Waals surface area contributed by atoms with Gasteiger partial charge < -0.3 is 18.9 Å². The minimum Gasteiger partial charge on any atom is -0.497 e. The Hall–Kier alpha value is -3.28. The van der Waals surface area contributed by atoms with Gasteiger partial charge in [-0.3, -0.25) is 0 Å². The summed E-state index contributed by atoms with van der Waals surface area (Å²) in [5, 5.41) is 0. The summed E-state index contributed by atoms with van der Waals surface area (Å²) in [6, 6.07) is 10.3. The number of hydrogen-bond acceptors (Lipinski definition) is 6. The van der Waals surface area contributed by atoms with Crippen LogP contribution in [0.4, 0.5) is 0 Å². The summed E-state index contributed by atoms with van der Waals surface area (Å²) in [6.07, 6.45) is 3.41. The van der Waals surface area contributed by atoms with Gasteiger partial charge in [-0.2, -0.15) is 0 Å². The molecule has 2 aromatic carbocycles. The lowest BCUT2D eigenvalue weighted by molar-refractivity contribution is 0.0589. The Morgan fingerprint density at radius 1 is 0.808 bits per heavy atom. The molecule has 0 unspecified atom stereocenters. The Morgan fingerprint density at radius 2 is 1.46 bits per heavy atom. The van der Waals surface area contributed by atoms with Crippen LogP contribution in [-0.4, -0.2) is 40.4 Å². The SMILES string of the molecule is COC(=O)c1ccccc1/C=C/c1cc(OC)cc(OC)c1C(=O)OC. The molecule has 0 radical (unpaired) electrons. The molecule has 0 amide bonds. The zero-order chi connectivity index (χ0) is 19.1. The van der Waals surface area contributed by atoms with Crippen LogP contribution in [0.25, 0.3) is 12.2 Å². The van der Waals surface area contributed by atoms with Crippen LogP contribution in [-0.2, 0) is 9.47 Å². The molecule has 0 fully saturated rings. The minimum absolute atomic E-state index is 0.266. The quantitative estimate of drug-likeness (QED) is 0.583. The summed E-state index contributed by atoms with van der Waals surface area (Å²) in [5.41, 5.74) is 1.87. The Balaban J connectivity index is 2.57. The number of esters is 2. The van der Waals surface area contributed by atoms with E-state index in [-0.39, 0.29) is 5.56 Å². The van der Waals surface area contributed by atoms with Crippen molar-refractivity contribution < 1.29 is 28.5 Å². The summed E-state index contributed by atoms with van der Waals surface area (Å²) >= 11 is 0. The highest BCUT2D eigenvalue weighted by molar-refractivity contribution is 5.99. The predicted octanol–water partition coefficient (Wildman–Crippen LogP) is 3.45. The highest BCUT2D eigenvalue weighted by Gasteiger charge is 2.19. The first-order chi connectivity index (χ1) is 12.5. The number of ether oxygens (including phenoxy) is 4. The maximum atomic E-state index is 12.2. The van der Waals surface area contributed by atoms with Crippen LogP contribution in [0.15, 0.2) is 36.4 Å². The summed E-state index contributed by atoms with van der Waals surface area (Å²) in [5.74, 6) is -0.125. The zero-order valence-electron chi connectivity index (χ0n) is 15.1. The third-order valence-corrected chi connectivity index (χ3v) is 3.76. The lowest BCUT2D eigenvalue weighted by atomic mass is 10.0. The fraction of sp³-hybridized carbons (Fsp3) is 0.200. The molecule has 0 saturated heterocycles. The van der Waals surface area contributed by atoms with E-state index in [0.717, 1.165) is 0 Å². The number of methoxy groups -OCH3 is 4. The molecule has 2 rings (SSSR count). The van der Waals surface area contributed by atoms with Crippen LogP contribution in [0.5, 0.6) is 11.5 Å². The van der Waals surface area contributed by atoms with Crippen LogP contribution < -0.4 is 9.47 Å². The third-order valence-electron chi connectivity index (χ3n) is 3.76. The molecule has 2 aromatic rings. The molecule has 0 atom stereocenters. The van der Waals surface area contributed by atoms with Crippen molar-refractivity contribution in [2.45, 2.75) is 0 Å². The number of rotatable bonds is 6. The van der Waals surface area contributed by atoms with Crippen molar-refractivity contribution in [3.63, 3.8) is 0 Å². The second-order valence-corrected chi connectivity index (χ2v) is 5.20. The Labute approximate surface area is 151 Å². The van der Waals surface area contributed by atoms with E-state index < -0.39 is 11.9 Å². The number of hydrogen-bond donors (Lipinski definition) is 0. The Morgan fingerprint density at radius 3 is 2.08 bits per heavy atom. The Bertz CT molecular complexity index is 838. The molecular formula is C20H20O6. The van der Waals surface area contributed by atoms with Gasteiger partial charge in [-0.05, 0) is 23.3 Å². The average Bonchev–Trinajstić information content (AvgIpc) is 2.70. The Kier molecular flexibility index (Phi) is 6.38. The normalized spacial score (nSPS) is 10.5. The van der Waals surface area contributed by atoms with E-state index in [0.29, 0.717) is 28.2 Å². The summed E-state index contributed by atoms with van der Waals surface area (Å²) in [7, 11) is 5.60. The predicted molar refractivity (Wildman–Crippen MR) is 97.6 cm³/mol. The van der Waals surface area contributed by atoms with Gasteiger partial charge in [0.1, 0.15) is 17.1 Å². The maximum Gasteiger partial charge on any atom is 0.342 e. The van der Waals surface area contributed by atoms with Gasteiger partial charge in [-0.25, -0.2) is 9.59 Å². The first-order valence-corrected chi connectivity index (χ1v) is 7.75. The van der Waals surface area contributed by atoms with Gasteiger partial charge in [0.15, 0.2) is 0 Å². The molecule has 0 aromatic heterocycles. The van der Waals surface area contributed by atoms with Crippen molar-refractivity contribution in [1.82, 2.24) is 0 Å². The molecule has 0 saturated carbocycles. The molecule has 0 bridgehead atoms. The summed E-state index contributed by atoms with van der Waals surface area (Å²) in [6.45, 7) is 0. The second-order valence-electron chi connectivity index (χ2n) is 5.20. The molecule has 6 nitrogen and oxygen atoms in total. The third kappa shape index (κ3) is 4.03. The monoisotopic (exact) mass is 356 g/mol. The van der Waals surface area contributed by atoms with Crippen molar-refractivity contribution >= 4 is 24.1 Å². The van der Waals surface area contributed by atoms with Crippen molar-refractivity contribution in [2.24, 2.45) is 0 Å². The summed E-state index contributed by atoms with van der Waals surface area (Å²) < 4.78 is 20.2. The number of carbonyl (C=O) groups is 2. The first kappa shape index (κ1) is 19.1.